The number of rotatable bonds is 7. The molecule has 0 fully saturated rings. The number of carbonyl (C=O) groups is 1. The molecule has 2 aromatic carbocycles. The number of amides is 1. The van der Waals surface area contributed by atoms with Crippen molar-refractivity contribution < 1.29 is 17.9 Å². The van der Waals surface area contributed by atoms with Gasteiger partial charge < -0.3 is 10.1 Å². The number of hydrogen-bond acceptors (Lipinski definition) is 6. The van der Waals surface area contributed by atoms with Gasteiger partial charge in [0.1, 0.15) is 22.2 Å². The number of nitrogens with one attached hydrogen (secondary N) is 1. The fourth-order valence-electron chi connectivity index (χ4n) is 2.80. The summed E-state index contributed by atoms with van der Waals surface area (Å²) in [6.07, 6.45) is 0. The Morgan fingerprint density at radius 1 is 1.13 bits per heavy atom. The third-order valence-corrected chi connectivity index (χ3v) is 6.55. The Hall–Kier alpha value is -2.75. The molecule has 0 unspecified atom stereocenters. The maximum atomic E-state index is 12.7. The summed E-state index contributed by atoms with van der Waals surface area (Å²) >= 11 is 1.29. The number of benzene rings is 2. The zero-order valence-corrected chi connectivity index (χ0v) is 18.5. The highest BCUT2D eigenvalue weighted by Gasteiger charge is 2.18. The van der Waals surface area contributed by atoms with Gasteiger partial charge in [0.05, 0.1) is 16.6 Å². The molecule has 0 aliphatic heterocycles. The van der Waals surface area contributed by atoms with Gasteiger partial charge in [-0.05, 0) is 50.6 Å². The van der Waals surface area contributed by atoms with Crippen molar-refractivity contribution in [1.82, 2.24) is 10.3 Å². The number of aryl methyl sites for hydroxylation is 2. The summed E-state index contributed by atoms with van der Waals surface area (Å²) in [6.45, 7) is 5.90. The monoisotopic (exact) mass is 445 g/mol. The second-order valence-corrected chi connectivity index (χ2v) is 9.58. The van der Waals surface area contributed by atoms with Crippen LogP contribution in [0.3, 0.4) is 0 Å². The van der Waals surface area contributed by atoms with Crippen LogP contribution in [0.2, 0.25) is 0 Å². The number of nitrogens with two attached hydrogens (primary N) is 1. The molecule has 0 aliphatic carbocycles. The molecule has 0 saturated carbocycles. The lowest BCUT2D eigenvalue weighted by Crippen LogP contribution is -2.26. The highest BCUT2D eigenvalue weighted by atomic mass is 32.2. The quantitative estimate of drug-likeness (QED) is 0.578. The standard InChI is InChI=1S/C21H23N3O4S2/c1-13-4-8-17(9-5-13)28-12-19-23-15(3)20(29-19)21(25)24-14(2)16-6-10-18(11-7-16)30(22,26)27/h4-11,14H,12H2,1-3H3,(H,24,25)(H2,22,26,27)/t14-/m0/s1. The van der Waals surface area contributed by atoms with E-state index in [0.29, 0.717) is 15.6 Å². The molecule has 3 N–H and O–H groups in total. The van der Waals surface area contributed by atoms with Crippen molar-refractivity contribution in [1.29, 1.82) is 0 Å². The maximum Gasteiger partial charge on any atom is 0.263 e. The van der Waals surface area contributed by atoms with Gasteiger partial charge in [-0.3, -0.25) is 4.79 Å². The van der Waals surface area contributed by atoms with Gasteiger partial charge in [0.15, 0.2) is 0 Å². The van der Waals surface area contributed by atoms with Crippen molar-refractivity contribution >= 4 is 27.3 Å². The molecule has 3 aromatic rings. The first kappa shape index (κ1) is 21.9. The number of aromatic nitrogens is 1. The van der Waals surface area contributed by atoms with Crippen LogP contribution in [0.25, 0.3) is 0 Å². The summed E-state index contributed by atoms with van der Waals surface area (Å²) < 4.78 is 28.5. The summed E-state index contributed by atoms with van der Waals surface area (Å²) in [5.41, 5.74) is 2.55. The Morgan fingerprint density at radius 2 is 1.77 bits per heavy atom. The van der Waals surface area contributed by atoms with Crippen LogP contribution in [0.4, 0.5) is 0 Å². The zero-order valence-electron chi connectivity index (χ0n) is 16.9. The number of carbonyl (C=O) groups excluding carboxylic acids is 1. The van der Waals surface area contributed by atoms with E-state index >= 15 is 0 Å². The average Bonchev–Trinajstić information content (AvgIpc) is 3.07. The minimum atomic E-state index is -3.75. The molecular weight excluding hydrogens is 422 g/mol. The minimum absolute atomic E-state index is 0.0290. The summed E-state index contributed by atoms with van der Waals surface area (Å²) in [5, 5.41) is 8.74. The Labute approximate surface area is 180 Å². The number of sulfonamides is 1. The average molecular weight is 446 g/mol. The van der Waals surface area contributed by atoms with E-state index in [1.807, 2.05) is 38.1 Å². The third kappa shape index (κ3) is 5.44. The molecule has 3 rings (SSSR count). The van der Waals surface area contributed by atoms with Crippen LogP contribution in [-0.2, 0) is 16.6 Å². The minimum Gasteiger partial charge on any atom is -0.486 e. The third-order valence-electron chi connectivity index (χ3n) is 4.49. The van der Waals surface area contributed by atoms with E-state index in [1.165, 1.54) is 23.5 Å². The van der Waals surface area contributed by atoms with Gasteiger partial charge >= 0.3 is 0 Å². The van der Waals surface area contributed by atoms with E-state index in [9.17, 15) is 13.2 Å². The molecular formula is C21H23N3O4S2. The van der Waals surface area contributed by atoms with E-state index in [-0.39, 0.29) is 23.5 Å². The number of thiazole rings is 1. The van der Waals surface area contributed by atoms with Crippen molar-refractivity contribution in [2.45, 2.75) is 38.3 Å². The largest absolute Gasteiger partial charge is 0.486 e. The van der Waals surface area contributed by atoms with Gasteiger partial charge in [-0.15, -0.1) is 11.3 Å². The van der Waals surface area contributed by atoms with E-state index < -0.39 is 10.0 Å². The van der Waals surface area contributed by atoms with Crippen molar-refractivity contribution in [3.63, 3.8) is 0 Å². The van der Waals surface area contributed by atoms with Gasteiger partial charge in [0.2, 0.25) is 10.0 Å². The van der Waals surface area contributed by atoms with Crippen LogP contribution >= 0.6 is 11.3 Å². The second-order valence-electron chi connectivity index (χ2n) is 6.93. The Bertz CT molecular complexity index is 1140. The summed E-state index contributed by atoms with van der Waals surface area (Å²) in [6, 6.07) is 13.5. The van der Waals surface area contributed by atoms with Gasteiger partial charge in [0.25, 0.3) is 5.91 Å². The zero-order chi connectivity index (χ0) is 21.9. The predicted octanol–water partition coefficient (Wildman–Crippen LogP) is 3.48. The van der Waals surface area contributed by atoms with Crippen LogP contribution in [0, 0.1) is 13.8 Å². The highest BCUT2D eigenvalue weighted by molar-refractivity contribution is 7.89. The highest BCUT2D eigenvalue weighted by Crippen LogP contribution is 2.22. The van der Waals surface area contributed by atoms with Gasteiger partial charge in [0, 0.05) is 0 Å². The smallest absolute Gasteiger partial charge is 0.263 e. The Balaban J connectivity index is 1.64. The molecule has 0 saturated heterocycles. The van der Waals surface area contributed by atoms with Crippen LogP contribution in [0.1, 0.15) is 44.5 Å². The van der Waals surface area contributed by atoms with Gasteiger partial charge in [-0.25, -0.2) is 18.5 Å². The SMILES string of the molecule is Cc1ccc(OCc2nc(C)c(C(=O)N[C@@H](C)c3ccc(S(N)(=O)=O)cc3)s2)cc1. The number of hydrogen-bond donors (Lipinski definition) is 2. The first-order valence-electron chi connectivity index (χ1n) is 9.23. The molecule has 0 radical (unpaired) electrons. The number of nitrogens with zero attached hydrogens (tertiary/aromatic N) is 1. The van der Waals surface area contributed by atoms with Crippen LogP contribution in [0.15, 0.2) is 53.4 Å². The molecule has 0 spiro atoms. The molecule has 1 heterocycles. The second kappa shape index (κ2) is 8.95. The van der Waals surface area contributed by atoms with Crippen molar-refractivity contribution in [2.24, 2.45) is 5.14 Å². The Kier molecular flexibility index (Phi) is 6.55. The van der Waals surface area contributed by atoms with Crippen LogP contribution in [-0.4, -0.2) is 19.3 Å². The van der Waals surface area contributed by atoms with Crippen molar-refractivity contribution in [2.75, 3.05) is 0 Å². The molecule has 0 aliphatic rings. The molecule has 7 nitrogen and oxygen atoms in total. The van der Waals surface area contributed by atoms with E-state index in [4.69, 9.17) is 9.88 Å². The summed E-state index contributed by atoms with van der Waals surface area (Å²) in [7, 11) is -3.75. The lowest BCUT2D eigenvalue weighted by molar-refractivity contribution is 0.0943. The van der Waals surface area contributed by atoms with Crippen LogP contribution in [0.5, 0.6) is 5.75 Å². The normalized spacial score (nSPS) is 12.4. The molecule has 1 amide bonds. The lowest BCUT2D eigenvalue weighted by atomic mass is 10.1. The first-order chi connectivity index (χ1) is 14.1. The fraction of sp³-hybridized carbons (Fsp3) is 0.238. The molecule has 9 heteroatoms. The first-order valence-corrected chi connectivity index (χ1v) is 11.6. The Morgan fingerprint density at radius 3 is 2.37 bits per heavy atom. The topological polar surface area (TPSA) is 111 Å². The number of ether oxygens (including phenoxy) is 1. The maximum absolute atomic E-state index is 12.7. The number of primary sulfonamides is 1. The van der Waals surface area contributed by atoms with Gasteiger partial charge in [-0.1, -0.05) is 29.8 Å². The van der Waals surface area contributed by atoms with Gasteiger partial charge in [-0.2, -0.15) is 0 Å². The molecule has 0 bridgehead atoms. The van der Waals surface area contributed by atoms with E-state index in [2.05, 4.69) is 10.3 Å². The van der Waals surface area contributed by atoms with Crippen LogP contribution < -0.4 is 15.2 Å². The molecule has 1 atom stereocenters. The lowest BCUT2D eigenvalue weighted by Gasteiger charge is -2.14. The van der Waals surface area contributed by atoms with Crippen molar-refractivity contribution in [3.05, 3.63) is 75.2 Å². The molecule has 1 aromatic heterocycles. The summed E-state index contributed by atoms with van der Waals surface area (Å²) in [4.78, 5) is 17.7. The summed E-state index contributed by atoms with van der Waals surface area (Å²) in [5.74, 6) is 0.505. The van der Waals surface area contributed by atoms with Crippen molar-refractivity contribution in [3.8, 4) is 5.75 Å². The van der Waals surface area contributed by atoms with E-state index in [1.54, 1.807) is 19.1 Å². The van der Waals surface area contributed by atoms with E-state index in [0.717, 1.165) is 16.9 Å². The fourth-order valence-corrected chi connectivity index (χ4v) is 4.19. The molecule has 158 valence electrons. The molecule has 30 heavy (non-hydrogen) atoms. The predicted molar refractivity (Wildman–Crippen MR) is 116 cm³/mol.